The maximum Gasteiger partial charge on any atom is 0.0492 e. The summed E-state index contributed by atoms with van der Waals surface area (Å²) in [7, 11) is 0. The molecule has 0 bridgehead atoms. The van der Waals surface area contributed by atoms with Crippen LogP contribution in [0.2, 0.25) is 0 Å². The van der Waals surface area contributed by atoms with E-state index in [1.807, 2.05) is 0 Å². The van der Waals surface area contributed by atoms with Gasteiger partial charge in [-0.3, -0.25) is 0 Å². The average molecular weight is 558 g/mol. The van der Waals surface area contributed by atoms with Gasteiger partial charge >= 0.3 is 0 Å². The lowest BCUT2D eigenvalue weighted by Gasteiger charge is -2.26. The van der Waals surface area contributed by atoms with Crippen molar-refractivity contribution in [3.8, 4) is 0 Å². The molecule has 1 aromatic heterocycles. The average Bonchev–Trinajstić information content (AvgIpc) is 3.36. The fourth-order valence-electron chi connectivity index (χ4n) is 6.14. The van der Waals surface area contributed by atoms with Crippen LogP contribution in [0.5, 0.6) is 0 Å². The number of aryl methyl sites for hydroxylation is 3. The van der Waals surface area contributed by atoms with Crippen LogP contribution in [0.15, 0.2) is 146 Å². The normalized spacial score (nSPS) is 11.2. The molecule has 0 aliphatic heterocycles. The third kappa shape index (κ3) is 4.93. The molecule has 0 spiro atoms. The predicted molar refractivity (Wildman–Crippen MR) is 184 cm³/mol. The molecule has 7 rings (SSSR count). The molecule has 0 saturated carbocycles. The van der Waals surface area contributed by atoms with Crippen LogP contribution >= 0.6 is 0 Å². The lowest BCUT2D eigenvalue weighted by molar-refractivity contribution is 0.827. The van der Waals surface area contributed by atoms with E-state index in [9.17, 15) is 0 Å². The molecule has 3 heteroatoms. The molecule has 210 valence electrons. The molecule has 0 radical (unpaired) electrons. The molecular weight excluding hydrogens is 522 g/mol. The van der Waals surface area contributed by atoms with Crippen molar-refractivity contribution in [2.75, 3.05) is 9.80 Å². The lowest BCUT2D eigenvalue weighted by atomic mass is 10.1. The van der Waals surface area contributed by atoms with E-state index in [1.54, 1.807) is 0 Å². The number of aromatic nitrogens is 1. The van der Waals surface area contributed by atoms with Crippen molar-refractivity contribution in [3.05, 3.63) is 157 Å². The Labute approximate surface area is 253 Å². The molecule has 7 aromatic rings. The number of benzene rings is 6. The van der Waals surface area contributed by atoms with Crippen LogP contribution in [0, 0.1) is 13.8 Å². The summed E-state index contributed by atoms with van der Waals surface area (Å²) < 4.78 is 2.43. The van der Waals surface area contributed by atoms with Crippen LogP contribution in [0.1, 0.15) is 18.1 Å². The van der Waals surface area contributed by atoms with Gasteiger partial charge in [0.25, 0.3) is 0 Å². The first-order valence-corrected chi connectivity index (χ1v) is 15.0. The molecule has 0 aliphatic carbocycles. The zero-order valence-electron chi connectivity index (χ0n) is 24.9. The number of anilines is 6. The molecule has 3 nitrogen and oxygen atoms in total. The number of rotatable bonds is 7. The maximum atomic E-state index is 2.43. The molecule has 43 heavy (non-hydrogen) atoms. The highest BCUT2D eigenvalue weighted by Gasteiger charge is 2.18. The number of hydrogen-bond acceptors (Lipinski definition) is 2. The van der Waals surface area contributed by atoms with Gasteiger partial charge in [0.2, 0.25) is 0 Å². The molecule has 0 amide bonds. The lowest BCUT2D eigenvalue weighted by Crippen LogP contribution is -2.10. The van der Waals surface area contributed by atoms with Crippen LogP contribution in [-0.2, 0) is 6.54 Å². The molecule has 0 atom stereocenters. The Kier molecular flexibility index (Phi) is 6.92. The van der Waals surface area contributed by atoms with Gasteiger partial charge in [0.05, 0.1) is 0 Å². The minimum absolute atomic E-state index is 0.902. The number of fused-ring (bicyclic) bond motifs is 3. The topological polar surface area (TPSA) is 11.4 Å². The van der Waals surface area contributed by atoms with Gasteiger partial charge in [-0.1, -0.05) is 71.8 Å². The van der Waals surface area contributed by atoms with Crippen LogP contribution in [-0.4, -0.2) is 4.57 Å². The minimum atomic E-state index is 0.902. The van der Waals surface area contributed by atoms with Gasteiger partial charge in [-0.05, 0) is 106 Å². The van der Waals surface area contributed by atoms with Gasteiger partial charge in [-0.15, -0.1) is 0 Å². The first-order chi connectivity index (χ1) is 21.1. The monoisotopic (exact) mass is 557 g/mol. The van der Waals surface area contributed by atoms with Crippen LogP contribution in [0.3, 0.4) is 0 Å². The number of para-hydroxylation sites is 2. The molecule has 0 aliphatic rings. The van der Waals surface area contributed by atoms with E-state index >= 15 is 0 Å². The van der Waals surface area contributed by atoms with E-state index in [-0.39, 0.29) is 0 Å². The first kappa shape index (κ1) is 26.6. The third-order valence-corrected chi connectivity index (χ3v) is 8.28. The summed E-state index contributed by atoms with van der Waals surface area (Å²) in [5, 5.41) is 2.50. The van der Waals surface area contributed by atoms with Gasteiger partial charge in [-0.25, -0.2) is 0 Å². The molecule has 0 fully saturated rings. The standard InChI is InChI=1S/C40H35N3/c1-4-41-39-25-23-35(42(31-11-7-5-8-12-31)33-19-15-29(2)16-20-33)27-37(39)38-28-36(24-26-40(38)41)43(32-13-9-6-10-14-32)34-21-17-30(3)18-22-34/h5-28H,4H2,1-3H3. The zero-order chi connectivity index (χ0) is 29.3. The van der Waals surface area contributed by atoms with Crippen molar-refractivity contribution >= 4 is 55.9 Å². The summed E-state index contributed by atoms with van der Waals surface area (Å²) in [4.78, 5) is 4.70. The van der Waals surface area contributed by atoms with E-state index in [0.29, 0.717) is 0 Å². The van der Waals surface area contributed by atoms with Gasteiger partial charge in [0.1, 0.15) is 0 Å². The fourth-order valence-corrected chi connectivity index (χ4v) is 6.14. The molecule has 0 saturated heterocycles. The number of hydrogen-bond donors (Lipinski definition) is 0. The van der Waals surface area contributed by atoms with Crippen molar-refractivity contribution in [3.63, 3.8) is 0 Å². The van der Waals surface area contributed by atoms with Gasteiger partial charge in [0.15, 0.2) is 0 Å². The predicted octanol–water partition coefficient (Wildman–Crippen LogP) is 11.4. The van der Waals surface area contributed by atoms with Crippen molar-refractivity contribution in [2.24, 2.45) is 0 Å². The zero-order valence-corrected chi connectivity index (χ0v) is 24.9. The Balaban J connectivity index is 1.44. The largest absolute Gasteiger partial charge is 0.341 e. The minimum Gasteiger partial charge on any atom is -0.341 e. The number of nitrogens with zero attached hydrogens (tertiary/aromatic N) is 3. The van der Waals surface area contributed by atoms with Gasteiger partial charge in [-0.2, -0.15) is 0 Å². The summed E-state index contributed by atoms with van der Waals surface area (Å²) >= 11 is 0. The van der Waals surface area contributed by atoms with Crippen LogP contribution < -0.4 is 9.80 Å². The van der Waals surface area contributed by atoms with E-state index in [0.717, 1.165) is 40.7 Å². The van der Waals surface area contributed by atoms with E-state index in [1.165, 1.54) is 32.9 Å². The summed E-state index contributed by atoms with van der Waals surface area (Å²) in [5.41, 5.74) is 11.8. The Morgan fingerprint density at radius 3 is 1.14 bits per heavy atom. The molecule has 0 N–H and O–H groups in total. The highest BCUT2D eigenvalue weighted by Crippen LogP contribution is 2.41. The van der Waals surface area contributed by atoms with Crippen molar-refractivity contribution in [1.82, 2.24) is 4.57 Å². The van der Waals surface area contributed by atoms with Crippen LogP contribution in [0.25, 0.3) is 21.8 Å². The summed E-state index contributed by atoms with van der Waals surface area (Å²) in [6.45, 7) is 7.40. The Morgan fingerprint density at radius 2 is 0.767 bits per heavy atom. The van der Waals surface area contributed by atoms with E-state index in [4.69, 9.17) is 0 Å². The SMILES string of the molecule is CCn1c2ccc(N(c3ccccc3)c3ccc(C)cc3)cc2c2cc(N(c3ccccc3)c3ccc(C)cc3)ccc21. The van der Waals surface area contributed by atoms with E-state index < -0.39 is 0 Å². The highest BCUT2D eigenvalue weighted by molar-refractivity contribution is 6.11. The summed E-state index contributed by atoms with van der Waals surface area (Å²) in [5.74, 6) is 0. The quantitative estimate of drug-likeness (QED) is 0.193. The van der Waals surface area contributed by atoms with Crippen LogP contribution in [0.4, 0.5) is 34.1 Å². The van der Waals surface area contributed by atoms with Crippen molar-refractivity contribution < 1.29 is 0 Å². The Morgan fingerprint density at radius 1 is 0.419 bits per heavy atom. The van der Waals surface area contributed by atoms with Gasteiger partial charge in [0, 0.05) is 62.5 Å². The van der Waals surface area contributed by atoms with Crippen molar-refractivity contribution in [2.45, 2.75) is 27.3 Å². The summed E-state index contributed by atoms with van der Waals surface area (Å²) in [6, 6.07) is 52.6. The summed E-state index contributed by atoms with van der Waals surface area (Å²) in [6.07, 6.45) is 0. The first-order valence-electron chi connectivity index (χ1n) is 15.0. The Hall–Kier alpha value is -5.28. The second-order valence-electron chi connectivity index (χ2n) is 11.2. The molecule has 0 unspecified atom stereocenters. The van der Waals surface area contributed by atoms with Crippen molar-refractivity contribution in [1.29, 1.82) is 0 Å². The third-order valence-electron chi connectivity index (χ3n) is 8.28. The molecule has 1 heterocycles. The second-order valence-corrected chi connectivity index (χ2v) is 11.2. The second kappa shape index (κ2) is 11.2. The maximum absolute atomic E-state index is 2.43. The smallest absolute Gasteiger partial charge is 0.0492 e. The van der Waals surface area contributed by atoms with Gasteiger partial charge < -0.3 is 14.4 Å². The fraction of sp³-hybridized carbons (Fsp3) is 0.100. The molecule has 6 aromatic carbocycles. The molecular formula is C40H35N3. The highest BCUT2D eigenvalue weighted by atomic mass is 15.1. The van der Waals surface area contributed by atoms with E-state index in [2.05, 4.69) is 181 Å². The Bertz CT molecular complexity index is 1860.